The van der Waals surface area contributed by atoms with Gasteiger partial charge >= 0.3 is 19.5 Å². The maximum Gasteiger partial charge on any atom is 2.00 e. The quantitative estimate of drug-likeness (QED) is 0.129. The Morgan fingerprint density at radius 2 is 0.791 bits per heavy atom. The molecule has 0 N–H and O–H groups in total. The van der Waals surface area contributed by atoms with Crippen LogP contribution in [-0.2, 0) is 31.8 Å². The Hall–Kier alpha value is -0.407. The number of para-hydroxylation sites is 2. The molecule has 3 aromatic rings. The normalized spacial score (nSPS) is 22.0. The molecule has 4 aliphatic carbocycles. The maximum absolute atomic E-state index is 5.68. The Morgan fingerprint density at radius 1 is 0.465 bits per heavy atom. The van der Waals surface area contributed by atoms with Crippen molar-refractivity contribution in [2.24, 2.45) is 0 Å². The van der Waals surface area contributed by atoms with E-state index in [0.717, 1.165) is 22.6 Å². The molecule has 0 radical (unpaired) electrons. The van der Waals surface area contributed by atoms with Gasteiger partial charge in [0.2, 0.25) is 0 Å². The Labute approximate surface area is 277 Å². The summed E-state index contributed by atoms with van der Waals surface area (Å²) in [6, 6.07) is 16.8. The van der Waals surface area contributed by atoms with Gasteiger partial charge in [-0.25, -0.2) is 4.98 Å². The zero-order valence-corrected chi connectivity index (χ0v) is 30.1. The molecule has 0 amide bonds. The second kappa shape index (κ2) is 15.9. The van der Waals surface area contributed by atoms with Crippen LogP contribution < -0.4 is 0 Å². The van der Waals surface area contributed by atoms with E-state index in [9.17, 15) is 0 Å². The van der Waals surface area contributed by atoms with Gasteiger partial charge in [0, 0.05) is 10.8 Å². The van der Waals surface area contributed by atoms with Gasteiger partial charge in [-0.3, -0.25) is 0 Å². The molecule has 4 heteroatoms. The second-order valence-corrected chi connectivity index (χ2v) is 20.1. The SMILES string of the molecule is [Ru+2].c1cc(CP(C2CCCCC2)C2CCCCC2)c2nc3c(CP(C4CCCCC4)C4CCCCC4)cccc3cc2c1. The minimum absolute atomic E-state index is 0. The summed E-state index contributed by atoms with van der Waals surface area (Å²) in [6.07, 6.45) is 32.3. The van der Waals surface area contributed by atoms with Crippen molar-refractivity contribution in [1.29, 1.82) is 0 Å². The third kappa shape index (κ3) is 7.77. The molecule has 7 rings (SSSR count). The minimum atomic E-state index is 0. The van der Waals surface area contributed by atoms with E-state index in [-0.39, 0.29) is 35.3 Å². The molecule has 4 fully saturated rings. The van der Waals surface area contributed by atoms with Crippen LogP contribution in [0.3, 0.4) is 0 Å². The van der Waals surface area contributed by atoms with E-state index in [1.54, 1.807) is 11.1 Å². The molecule has 0 aliphatic heterocycles. The van der Waals surface area contributed by atoms with Crippen LogP contribution in [0.1, 0.15) is 140 Å². The summed E-state index contributed by atoms with van der Waals surface area (Å²) in [7, 11) is 0.0687. The number of hydrogen-bond acceptors (Lipinski definition) is 1. The predicted octanol–water partition coefficient (Wildman–Crippen LogP) is 12.7. The average Bonchev–Trinajstić information content (AvgIpc) is 3.07. The molecule has 1 aromatic heterocycles. The molecule has 0 saturated heterocycles. The Balaban J connectivity index is 0.00000329. The van der Waals surface area contributed by atoms with Crippen LogP contribution in [0.2, 0.25) is 0 Å². The number of nitrogens with zero attached hydrogens (tertiary/aromatic N) is 1. The van der Waals surface area contributed by atoms with Crippen LogP contribution in [0.25, 0.3) is 21.8 Å². The molecule has 43 heavy (non-hydrogen) atoms. The van der Waals surface area contributed by atoms with E-state index in [4.69, 9.17) is 4.98 Å². The number of hydrogen-bond donors (Lipinski definition) is 0. The fourth-order valence-electron chi connectivity index (χ4n) is 9.42. The summed E-state index contributed by atoms with van der Waals surface area (Å²) in [5.41, 5.74) is 9.83. The first kappa shape index (κ1) is 32.5. The molecule has 4 aliphatic rings. The molecule has 2 aromatic carbocycles. The molecule has 232 valence electrons. The van der Waals surface area contributed by atoms with Gasteiger partial charge in [0.05, 0.1) is 11.0 Å². The average molecular weight is 701 g/mol. The molecular formula is C39H55NP2Ru+2. The van der Waals surface area contributed by atoms with E-state index in [0.29, 0.717) is 0 Å². The van der Waals surface area contributed by atoms with Crippen molar-refractivity contribution >= 4 is 37.6 Å². The summed E-state index contributed by atoms with van der Waals surface area (Å²) in [5, 5.41) is 2.75. The number of pyridine rings is 1. The first-order valence-corrected chi connectivity index (χ1v) is 21.5. The van der Waals surface area contributed by atoms with Gasteiger partial charge in [0.25, 0.3) is 0 Å². The third-order valence-electron chi connectivity index (χ3n) is 11.7. The van der Waals surface area contributed by atoms with Gasteiger partial charge in [-0.15, -0.1) is 0 Å². The number of fused-ring (bicyclic) bond motifs is 2. The molecule has 1 nitrogen and oxygen atoms in total. The number of benzene rings is 2. The van der Waals surface area contributed by atoms with Gasteiger partial charge < -0.3 is 0 Å². The summed E-state index contributed by atoms with van der Waals surface area (Å²) >= 11 is 0. The zero-order chi connectivity index (χ0) is 28.1. The van der Waals surface area contributed by atoms with Crippen molar-refractivity contribution in [3.8, 4) is 0 Å². The maximum atomic E-state index is 5.68. The summed E-state index contributed by atoms with van der Waals surface area (Å²) in [4.78, 5) is 5.68. The third-order valence-corrected chi connectivity index (χ3v) is 18.9. The molecule has 0 atom stereocenters. The van der Waals surface area contributed by atoms with Crippen LogP contribution in [0.5, 0.6) is 0 Å². The van der Waals surface area contributed by atoms with Crippen LogP contribution in [0.15, 0.2) is 42.5 Å². The van der Waals surface area contributed by atoms with Gasteiger partial charge in [-0.2, -0.15) is 0 Å². The van der Waals surface area contributed by atoms with Crippen LogP contribution in [0, 0.1) is 0 Å². The van der Waals surface area contributed by atoms with Crippen LogP contribution >= 0.6 is 15.8 Å². The molecule has 1 heterocycles. The first-order chi connectivity index (χ1) is 20.8. The molecule has 0 spiro atoms. The van der Waals surface area contributed by atoms with E-state index in [1.165, 1.54) is 163 Å². The molecular weight excluding hydrogens is 645 g/mol. The van der Waals surface area contributed by atoms with E-state index < -0.39 is 0 Å². The monoisotopic (exact) mass is 701 g/mol. The van der Waals surface area contributed by atoms with E-state index >= 15 is 0 Å². The van der Waals surface area contributed by atoms with Gasteiger partial charge in [-0.05, 0) is 104 Å². The van der Waals surface area contributed by atoms with Crippen molar-refractivity contribution in [2.75, 3.05) is 0 Å². The largest absolute Gasteiger partial charge is 2.00 e. The van der Waals surface area contributed by atoms with Crippen molar-refractivity contribution in [1.82, 2.24) is 4.98 Å². The van der Waals surface area contributed by atoms with Gasteiger partial charge in [-0.1, -0.05) is 129 Å². The molecule has 0 unspecified atom stereocenters. The summed E-state index contributed by atoms with van der Waals surface area (Å²) < 4.78 is 0. The summed E-state index contributed by atoms with van der Waals surface area (Å²) in [5.74, 6) is 0. The minimum Gasteiger partial charge on any atom is -0.247 e. The smallest absolute Gasteiger partial charge is 0.247 e. The number of rotatable bonds is 8. The second-order valence-electron chi connectivity index (χ2n) is 14.5. The topological polar surface area (TPSA) is 12.9 Å². The van der Waals surface area contributed by atoms with Crippen molar-refractivity contribution < 1.29 is 19.5 Å². The van der Waals surface area contributed by atoms with Crippen LogP contribution in [-0.4, -0.2) is 27.6 Å². The first-order valence-electron chi connectivity index (χ1n) is 18.2. The van der Waals surface area contributed by atoms with Gasteiger partial charge in [0.15, 0.2) is 0 Å². The van der Waals surface area contributed by atoms with Crippen LogP contribution in [0.4, 0.5) is 0 Å². The van der Waals surface area contributed by atoms with Crippen molar-refractivity contribution in [2.45, 2.75) is 163 Å². The summed E-state index contributed by atoms with van der Waals surface area (Å²) in [6.45, 7) is 0. The van der Waals surface area contributed by atoms with Crippen molar-refractivity contribution in [3.63, 3.8) is 0 Å². The fourth-order valence-corrected chi connectivity index (χ4v) is 17.1. The van der Waals surface area contributed by atoms with Crippen molar-refractivity contribution in [3.05, 3.63) is 53.6 Å². The Kier molecular flexibility index (Phi) is 12.1. The zero-order valence-electron chi connectivity index (χ0n) is 26.6. The fraction of sp³-hybridized carbons (Fsp3) is 0.667. The molecule has 4 saturated carbocycles. The number of aromatic nitrogens is 1. The Morgan fingerprint density at radius 3 is 1.12 bits per heavy atom. The standard InChI is InChI=1S/C39H55NP2.Ru/c1-5-19-34(20-6-1)41(35-21-7-2-8-22-35)28-32-17-13-15-30-27-31-16-14-18-33(39(31)40-38(30)32)29-42(36-23-9-3-10-24-36)37-25-11-4-12-26-37;/h13-18,27,34-37H,1-12,19-26,28-29H2;/q;+2. The molecule has 0 bridgehead atoms. The predicted molar refractivity (Wildman–Crippen MR) is 188 cm³/mol. The van der Waals surface area contributed by atoms with Gasteiger partial charge in [0.1, 0.15) is 0 Å². The van der Waals surface area contributed by atoms with E-state index in [2.05, 4.69) is 42.5 Å². The Bertz CT molecular complexity index is 1170. The van der Waals surface area contributed by atoms with E-state index in [1.807, 2.05) is 0 Å².